The van der Waals surface area contributed by atoms with Crippen LogP contribution in [0.1, 0.15) is 19.4 Å². The van der Waals surface area contributed by atoms with Crippen molar-refractivity contribution in [3.05, 3.63) is 29.8 Å². The second kappa shape index (κ2) is 3.94. The highest BCUT2D eigenvalue weighted by Gasteiger charge is 2.35. The summed E-state index contributed by atoms with van der Waals surface area (Å²) < 4.78 is 13.4. The van der Waals surface area contributed by atoms with Crippen LogP contribution in [-0.4, -0.2) is 22.1 Å². The molecule has 3 N–H and O–H groups in total. The quantitative estimate of drug-likeness (QED) is 0.780. The molecule has 1 aromatic rings. The van der Waals surface area contributed by atoms with Crippen LogP contribution in [-0.2, 0) is 10.2 Å². The number of halogens is 1. The van der Waals surface area contributed by atoms with Crippen LogP contribution in [0, 0.1) is 5.82 Å². The molecule has 4 nitrogen and oxygen atoms in total. The molecule has 0 saturated heterocycles. The molecule has 0 saturated carbocycles. The average Bonchev–Trinajstić information content (AvgIpc) is 2.16. The van der Waals surface area contributed by atoms with E-state index in [1.165, 1.54) is 12.3 Å². The van der Waals surface area contributed by atoms with Gasteiger partial charge in [-0.05, 0) is 11.6 Å². The Hall–Kier alpha value is -1.49. The maximum absolute atomic E-state index is 13.4. The first-order valence-corrected chi connectivity index (χ1v) is 4.45. The molecule has 15 heavy (non-hydrogen) atoms. The van der Waals surface area contributed by atoms with E-state index in [9.17, 15) is 9.18 Å². The van der Waals surface area contributed by atoms with Crippen LogP contribution in [0.15, 0.2) is 18.5 Å². The molecule has 0 aromatic carbocycles. The lowest BCUT2D eigenvalue weighted by Gasteiger charge is -2.29. The summed E-state index contributed by atoms with van der Waals surface area (Å²) in [6.07, 6.45) is 2.46. The molecule has 1 aromatic heterocycles. The molecule has 0 bridgehead atoms. The number of aliphatic carboxylic acids is 1. The maximum atomic E-state index is 13.4. The van der Waals surface area contributed by atoms with Gasteiger partial charge in [0.2, 0.25) is 0 Å². The van der Waals surface area contributed by atoms with Gasteiger partial charge in [0.05, 0.1) is 6.20 Å². The number of carbonyl (C=O) groups is 1. The minimum Gasteiger partial charge on any atom is -0.480 e. The third-order valence-corrected chi connectivity index (χ3v) is 2.51. The van der Waals surface area contributed by atoms with Gasteiger partial charge in [0.15, 0.2) is 0 Å². The molecule has 1 unspecified atom stereocenters. The molecule has 1 rings (SSSR count). The van der Waals surface area contributed by atoms with E-state index in [4.69, 9.17) is 10.8 Å². The van der Waals surface area contributed by atoms with Gasteiger partial charge in [-0.15, -0.1) is 0 Å². The third-order valence-electron chi connectivity index (χ3n) is 2.51. The first-order valence-electron chi connectivity index (χ1n) is 4.45. The van der Waals surface area contributed by atoms with E-state index in [1.54, 1.807) is 13.8 Å². The van der Waals surface area contributed by atoms with Crippen molar-refractivity contribution in [2.24, 2.45) is 5.73 Å². The summed E-state index contributed by atoms with van der Waals surface area (Å²) in [5.74, 6) is -1.70. The van der Waals surface area contributed by atoms with E-state index >= 15 is 0 Å². The molecule has 1 atom stereocenters. The Kier molecular flexibility index (Phi) is 3.04. The molecule has 0 radical (unpaired) electrons. The van der Waals surface area contributed by atoms with E-state index in [0.29, 0.717) is 0 Å². The Labute approximate surface area is 86.9 Å². The van der Waals surface area contributed by atoms with Gasteiger partial charge in [0.1, 0.15) is 11.9 Å². The minimum atomic E-state index is -1.16. The molecule has 0 aliphatic heterocycles. The van der Waals surface area contributed by atoms with Gasteiger partial charge < -0.3 is 10.8 Å². The van der Waals surface area contributed by atoms with E-state index in [0.717, 1.165) is 6.20 Å². The third kappa shape index (κ3) is 2.12. The molecule has 1 heterocycles. The van der Waals surface area contributed by atoms with Crippen LogP contribution in [0.25, 0.3) is 0 Å². The van der Waals surface area contributed by atoms with Gasteiger partial charge in [-0.25, -0.2) is 4.39 Å². The lowest BCUT2D eigenvalue weighted by molar-refractivity contribution is -0.140. The van der Waals surface area contributed by atoms with Crippen LogP contribution >= 0.6 is 0 Å². The second-order valence-electron chi connectivity index (χ2n) is 3.89. The zero-order valence-corrected chi connectivity index (χ0v) is 8.57. The van der Waals surface area contributed by atoms with Crippen LogP contribution in [0.5, 0.6) is 0 Å². The fourth-order valence-electron chi connectivity index (χ4n) is 1.37. The van der Waals surface area contributed by atoms with Gasteiger partial charge in [-0.2, -0.15) is 0 Å². The topological polar surface area (TPSA) is 76.2 Å². The lowest BCUT2D eigenvalue weighted by Crippen LogP contribution is -2.47. The first-order chi connectivity index (χ1) is 6.87. The van der Waals surface area contributed by atoms with Gasteiger partial charge in [0, 0.05) is 11.6 Å². The summed E-state index contributed by atoms with van der Waals surface area (Å²) in [5, 5.41) is 8.81. The summed E-state index contributed by atoms with van der Waals surface area (Å²) in [7, 11) is 0. The summed E-state index contributed by atoms with van der Waals surface area (Å²) >= 11 is 0. The molecule has 0 spiro atoms. The van der Waals surface area contributed by atoms with Crippen molar-refractivity contribution in [3.63, 3.8) is 0 Å². The summed E-state index contributed by atoms with van der Waals surface area (Å²) in [4.78, 5) is 14.4. The van der Waals surface area contributed by atoms with Crippen LogP contribution in [0.3, 0.4) is 0 Å². The van der Waals surface area contributed by atoms with Crippen molar-refractivity contribution in [2.75, 3.05) is 0 Å². The highest BCUT2D eigenvalue weighted by molar-refractivity contribution is 5.75. The number of nitrogens with zero attached hydrogens (tertiary/aromatic N) is 1. The molecule has 0 fully saturated rings. The second-order valence-corrected chi connectivity index (χ2v) is 3.89. The van der Waals surface area contributed by atoms with E-state index in [2.05, 4.69) is 4.98 Å². The fourth-order valence-corrected chi connectivity index (χ4v) is 1.37. The Bertz CT molecular complexity index is 379. The average molecular weight is 212 g/mol. The summed E-state index contributed by atoms with van der Waals surface area (Å²) in [6, 6.07) is 0.285. The summed E-state index contributed by atoms with van der Waals surface area (Å²) in [6.45, 7) is 3.18. The van der Waals surface area contributed by atoms with Crippen molar-refractivity contribution >= 4 is 5.97 Å². The van der Waals surface area contributed by atoms with Crippen LogP contribution < -0.4 is 5.73 Å². The number of pyridine rings is 1. The smallest absolute Gasteiger partial charge is 0.321 e. The Morgan fingerprint density at radius 2 is 2.27 bits per heavy atom. The highest BCUT2D eigenvalue weighted by atomic mass is 19.1. The highest BCUT2D eigenvalue weighted by Crippen LogP contribution is 2.27. The zero-order valence-electron chi connectivity index (χ0n) is 8.57. The monoisotopic (exact) mass is 212 g/mol. The van der Waals surface area contributed by atoms with Crippen molar-refractivity contribution in [3.8, 4) is 0 Å². The van der Waals surface area contributed by atoms with E-state index in [1.807, 2.05) is 0 Å². The largest absolute Gasteiger partial charge is 0.480 e. The van der Waals surface area contributed by atoms with Crippen LogP contribution in [0.2, 0.25) is 0 Å². The number of carboxylic acid groups (broad SMARTS) is 1. The molecular weight excluding hydrogens is 199 g/mol. The Morgan fingerprint density at radius 1 is 1.67 bits per heavy atom. The predicted octanol–water partition coefficient (Wildman–Crippen LogP) is 0.910. The number of nitrogens with two attached hydrogens (primary N) is 1. The number of hydrogen-bond acceptors (Lipinski definition) is 3. The lowest BCUT2D eigenvalue weighted by atomic mass is 9.78. The van der Waals surface area contributed by atoms with Crippen LogP contribution in [0.4, 0.5) is 4.39 Å². The molecule has 5 heteroatoms. The normalized spacial score (nSPS) is 13.6. The van der Waals surface area contributed by atoms with Gasteiger partial charge >= 0.3 is 5.97 Å². The molecule has 0 amide bonds. The standard InChI is InChI=1S/C10H13FN2O2/c1-10(2,8(12)9(14)15)6-3-4-13-5-7(6)11/h3-5,8H,12H2,1-2H3,(H,14,15). The molecule has 0 aliphatic rings. The number of rotatable bonds is 3. The van der Waals surface area contributed by atoms with Crippen molar-refractivity contribution < 1.29 is 14.3 Å². The SMILES string of the molecule is CC(C)(c1ccncc1F)C(N)C(=O)O. The van der Waals surface area contributed by atoms with E-state index < -0.39 is 23.2 Å². The predicted molar refractivity (Wildman–Crippen MR) is 52.8 cm³/mol. The number of carboxylic acids is 1. The van der Waals surface area contributed by atoms with E-state index in [-0.39, 0.29) is 5.56 Å². The van der Waals surface area contributed by atoms with Gasteiger partial charge in [-0.3, -0.25) is 9.78 Å². The Balaban J connectivity index is 3.16. The first kappa shape index (κ1) is 11.6. The fraction of sp³-hybridized carbons (Fsp3) is 0.400. The molecular formula is C10H13FN2O2. The molecule has 0 aliphatic carbocycles. The van der Waals surface area contributed by atoms with Crippen molar-refractivity contribution in [1.29, 1.82) is 0 Å². The number of hydrogen-bond donors (Lipinski definition) is 2. The summed E-state index contributed by atoms with van der Waals surface area (Å²) in [5.41, 5.74) is 4.79. The molecule has 82 valence electrons. The zero-order chi connectivity index (χ0) is 11.6. The van der Waals surface area contributed by atoms with Gasteiger partial charge in [-0.1, -0.05) is 13.8 Å². The number of aromatic nitrogens is 1. The van der Waals surface area contributed by atoms with Gasteiger partial charge in [0.25, 0.3) is 0 Å². The maximum Gasteiger partial charge on any atom is 0.321 e. The minimum absolute atomic E-state index is 0.257. The van der Waals surface area contributed by atoms with Crippen molar-refractivity contribution in [1.82, 2.24) is 4.98 Å². The Morgan fingerprint density at radius 3 is 2.73 bits per heavy atom. The van der Waals surface area contributed by atoms with Crippen molar-refractivity contribution in [2.45, 2.75) is 25.3 Å².